The second-order valence-electron chi connectivity index (χ2n) is 25.2. The molecule has 0 saturated heterocycles. The van der Waals surface area contributed by atoms with Crippen LogP contribution >= 0.6 is 15.6 Å². The van der Waals surface area contributed by atoms with Gasteiger partial charge in [-0.1, -0.05) is 280 Å². The van der Waals surface area contributed by atoms with Gasteiger partial charge in [0.15, 0.2) is 12.2 Å². The van der Waals surface area contributed by atoms with Crippen LogP contribution in [-0.2, 0) is 65.4 Å². The molecule has 0 aliphatic heterocycles. The number of esters is 4. The first kappa shape index (κ1) is 84.1. The normalized spacial score (nSPS) is 14.9. The molecule has 86 heavy (non-hydrogen) atoms. The van der Waals surface area contributed by atoms with Crippen LogP contribution in [0.5, 0.6) is 0 Å². The van der Waals surface area contributed by atoms with Crippen molar-refractivity contribution in [3.8, 4) is 0 Å². The molecular weight excluding hydrogens is 1140 g/mol. The van der Waals surface area contributed by atoms with Crippen LogP contribution in [0.25, 0.3) is 0 Å². The summed E-state index contributed by atoms with van der Waals surface area (Å²) in [5.41, 5.74) is 0. The van der Waals surface area contributed by atoms with Gasteiger partial charge in [0, 0.05) is 25.7 Å². The lowest BCUT2D eigenvalue weighted by Crippen LogP contribution is -2.30. The first-order valence-corrected chi connectivity index (χ1v) is 37.9. The third-order valence-corrected chi connectivity index (χ3v) is 18.0. The Morgan fingerprint density at radius 3 is 0.884 bits per heavy atom. The summed E-state index contributed by atoms with van der Waals surface area (Å²) in [6, 6.07) is 0. The van der Waals surface area contributed by atoms with E-state index < -0.39 is 97.5 Å². The van der Waals surface area contributed by atoms with Crippen LogP contribution in [0.4, 0.5) is 0 Å². The second kappa shape index (κ2) is 58.2. The van der Waals surface area contributed by atoms with E-state index in [0.717, 1.165) is 114 Å². The van der Waals surface area contributed by atoms with Crippen molar-refractivity contribution in [1.29, 1.82) is 0 Å². The fraction of sp³-hybridized carbons (Fsp3) is 0.940. The molecule has 0 aromatic heterocycles. The van der Waals surface area contributed by atoms with Crippen LogP contribution < -0.4 is 0 Å². The van der Waals surface area contributed by atoms with Crippen molar-refractivity contribution in [1.82, 2.24) is 0 Å². The van der Waals surface area contributed by atoms with Crippen molar-refractivity contribution in [2.24, 2.45) is 17.8 Å². The predicted octanol–water partition coefficient (Wildman–Crippen LogP) is 18.7. The van der Waals surface area contributed by atoms with Gasteiger partial charge < -0.3 is 33.8 Å². The smallest absolute Gasteiger partial charge is 0.462 e. The molecular formula is C67H130O17P2. The van der Waals surface area contributed by atoms with Crippen molar-refractivity contribution >= 4 is 39.5 Å². The monoisotopic (exact) mass is 1270 g/mol. The minimum absolute atomic E-state index is 0.103. The molecule has 19 heteroatoms. The molecule has 0 spiro atoms. The lowest BCUT2D eigenvalue weighted by atomic mass is 10.00. The first-order chi connectivity index (χ1) is 41.3. The number of rotatable bonds is 65. The fourth-order valence-electron chi connectivity index (χ4n) is 9.95. The van der Waals surface area contributed by atoms with Crippen LogP contribution in [0.3, 0.4) is 0 Å². The van der Waals surface area contributed by atoms with Gasteiger partial charge in [0.1, 0.15) is 19.3 Å². The molecule has 0 amide bonds. The highest BCUT2D eigenvalue weighted by Crippen LogP contribution is 2.45. The van der Waals surface area contributed by atoms with Gasteiger partial charge in [-0.25, -0.2) is 9.13 Å². The Balaban J connectivity index is 5.22. The van der Waals surface area contributed by atoms with Crippen molar-refractivity contribution in [3.63, 3.8) is 0 Å². The van der Waals surface area contributed by atoms with E-state index in [1.807, 2.05) is 0 Å². The number of aliphatic hydroxyl groups is 1. The van der Waals surface area contributed by atoms with Crippen molar-refractivity contribution in [2.45, 2.75) is 349 Å². The molecule has 7 atom stereocenters. The predicted molar refractivity (Wildman–Crippen MR) is 344 cm³/mol. The number of carbonyl (C=O) groups excluding carboxylic acids is 4. The van der Waals surface area contributed by atoms with Crippen molar-refractivity contribution in [2.75, 3.05) is 39.6 Å². The van der Waals surface area contributed by atoms with Crippen LogP contribution in [0.1, 0.15) is 331 Å². The van der Waals surface area contributed by atoms with E-state index in [-0.39, 0.29) is 25.7 Å². The molecule has 510 valence electrons. The van der Waals surface area contributed by atoms with Crippen LogP contribution in [0.15, 0.2) is 0 Å². The molecule has 0 aromatic carbocycles. The molecule has 0 aliphatic rings. The zero-order valence-corrected chi connectivity index (χ0v) is 57.6. The average Bonchev–Trinajstić information content (AvgIpc) is 3.48. The van der Waals surface area contributed by atoms with Crippen LogP contribution in [0.2, 0.25) is 0 Å². The molecule has 0 heterocycles. The van der Waals surface area contributed by atoms with Crippen LogP contribution in [-0.4, -0.2) is 96.7 Å². The number of ether oxygens (including phenoxy) is 4. The van der Waals surface area contributed by atoms with E-state index in [4.69, 9.17) is 37.0 Å². The van der Waals surface area contributed by atoms with E-state index in [1.165, 1.54) is 135 Å². The highest BCUT2D eigenvalue weighted by Gasteiger charge is 2.30. The fourth-order valence-corrected chi connectivity index (χ4v) is 11.5. The summed E-state index contributed by atoms with van der Waals surface area (Å²) in [5.74, 6) is 0.111. The minimum atomic E-state index is -4.95. The van der Waals surface area contributed by atoms with Gasteiger partial charge in [0.25, 0.3) is 0 Å². The number of phosphoric acid groups is 2. The van der Waals surface area contributed by atoms with Crippen molar-refractivity contribution < 1.29 is 80.2 Å². The molecule has 0 fully saturated rings. The highest BCUT2D eigenvalue weighted by atomic mass is 31.2. The lowest BCUT2D eigenvalue weighted by Gasteiger charge is -2.21. The number of aliphatic hydroxyl groups excluding tert-OH is 1. The largest absolute Gasteiger partial charge is 0.472 e. The minimum Gasteiger partial charge on any atom is -0.462 e. The Morgan fingerprint density at radius 2 is 0.593 bits per heavy atom. The van der Waals surface area contributed by atoms with E-state index >= 15 is 0 Å². The lowest BCUT2D eigenvalue weighted by molar-refractivity contribution is -0.161. The van der Waals surface area contributed by atoms with Gasteiger partial charge in [0.05, 0.1) is 26.4 Å². The Bertz CT molecular complexity index is 1700. The maximum atomic E-state index is 13.0. The summed E-state index contributed by atoms with van der Waals surface area (Å²) < 4.78 is 68.1. The zero-order valence-electron chi connectivity index (χ0n) is 55.8. The standard InChI is InChI=1S/C67H130O17P2/c1-8-11-12-13-14-21-25-34-41-48-64(69)77-54-63(84-67(72)51-44-37-30-28-33-40-47-60(7)10-3)57-82-86(75,76)80-53-61(68)52-79-85(73,74)81-56-62(55-78-65(70)49-42-35-29-27-32-39-46-59(6)9-2)83-66(71)50-43-36-26-23-20-18-16-15-17-19-22-24-31-38-45-58(4)5/h58-63,68H,8-57H2,1-7H3,(H,73,74)(H,75,76)/t59?,60?,61-,62-,63-/m1/s1. The molecule has 0 bridgehead atoms. The molecule has 0 aromatic rings. The summed E-state index contributed by atoms with van der Waals surface area (Å²) in [6.07, 6.45) is 40.4. The topological polar surface area (TPSA) is 237 Å². The molecule has 4 unspecified atom stereocenters. The Labute approximate surface area is 524 Å². The second-order valence-corrected chi connectivity index (χ2v) is 28.1. The van der Waals surface area contributed by atoms with Gasteiger partial charge in [-0.3, -0.25) is 37.3 Å². The third kappa shape index (κ3) is 58.4. The first-order valence-electron chi connectivity index (χ1n) is 34.9. The average molecular weight is 1270 g/mol. The van der Waals surface area contributed by atoms with Crippen molar-refractivity contribution in [3.05, 3.63) is 0 Å². The number of carbonyl (C=O) groups is 4. The third-order valence-electron chi connectivity index (χ3n) is 16.1. The summed E-state index contributed by atoms with van der Waals surface area (Å²) in [6.45, 7) is 11.7. The van der Waals surface area contributed by atoms with Gasteiger partial charge in [0.2, 0.25) is 0 Å². The number of phosphoric ester groups is 2. The summed E-state index contributed by atoms with van der Waals surface area (Å²) >= 11 is 0. The number of unbranched alkanes of at least 4 members (excludes halogenated alkanes) is 31. The zero-order chi connectivity index (χ0) is 63.8. The Morgan fingerprint density at radius 1 is 0.337 bits per heavy atom. The van der Waals surface area contributed by atoms with E-state index in [0.29, 0.717) is 25.7 Å². The van der Waals surface area contributed by atoms with Gasteiger partial charge in [-0.2, -0.15) is 0 Å². The van der Waals surface area contributed by atoms with E-state index in [1.54, 1.807) is 0 Å². The number of hydrogen-bond donors (Lipinski definition) is 3. The van der Waals surface area contributed by atoms with E-state index in [9.17, 15) is 43.2 Å². The molecule has 0 aliphatic carbocycles. The number of hydrogen-bond acceptors (Lipinski definition) is 15. The van der Waals surface area contributed by atoms with E-state index in [2.05, 4.69) is 48.5 Å². The maximum Gasteiger partial charge on any atom is 0.472 e. The molecule has 0 radical (unpaired) electrons. The molecule has 17 nitrogen and oxygen atoms in total. The van der Waals surface area contributed by atoms with Gasteiger partial charge >= 0.3 is 39.5 Å². The Hall–Kier alpha value is -1.94. The summed E-state index contributed by atoms with van der Waals surface area (Å²) in [4.78, 5) is 72.3. The highest BCUT2D eigenvalue weighted by molar-refractivity contribution is 7.47. The molecule has 0 rings (SSSR count). The summed E-state index contributed by atoms with van der Waals surface area (Å²) in [5, 5.41) is 10.6. The summed E-state index contributed by atoms with van der Waals surface area (Å²) in [7, 11) is -9.89. The quantitative estimate of drug-likeness (QED) is 0.0222. The molecule has 3 N–H and O–H groups in total. The van der Waals surface area contributed by atoms with Gasteiger partial charge in [-0.15, -0.1) is 0 Å². The SMILES string of the molecule is CCCCCCCCCCCC(=O)OC[C@H](COP(=O)(O)OC[C@H](O)COP(=O)(O)OC[C@@H](COC(=O)CCCCCCCCC(C)CC)OC(=O)CCCCCCCCCCCCCCCCC(C)C)OC(=O)CCCCCCCCC(C)CC. The van der Waals surface area contributed by atoms with Gasteiger partial charge in [-0.05, 0) is 43.4 Å². The maximum absolute atomic E-state index is 13.0. The molecule has 0 saturated carbocycles. The Kier molecular flexibility index (Phi) is 56.9. The van der Waals surface area contributed by atoms with Crippen LogP contribution in [0, 0.1) is 17.8 Å².